The van der Waals surface area contributed by atoms with Crippen molar-refractivity contribution < 1.29 is 13.9 Å². The Labute approximate surface area is 131 Å². The van der Waals surface area contributed by atoms with Crippen molar-refractivity contribution in [3.05, 3.63) is 53.1 Å². The van der Waals surface area contributed by atoms with E-state index >= 15 is 0 Å². The standard InChI is InChI=1S/C15H13ClFN3O2/c16-10-3-1-2-9-12(5-7-22-14(9)10)19-15(21)20-13-4-6-18-8-11(13)17/h1-4,6,8,12H,5,7H2,(H2,18,19,20,21). The van der Waals surface area contributed by atoms with E-state index in [4.69, 9.17) is 16.3 Å². The molecule has 0 spiro atoms. The summed E-state index contributed by atoms with van der Waals surface area (Å²) in [6, 6.07) is 6.03. The van der Waals surface area contributed by atoms with Gasteiger partial charge in [0.25, 0.3) is 0 Å². The molecule has 0 saturated carbocycles. The molecule has 114 valence electrons. The number of pyridine rings is 1. The van der Waals surface area contributed by atoms with Crippen LogP contribution < -0.4 is 15.4 Å². The van der Waals surface area contributed by atoms with Crippen LogP contribution in [0.4, 0.5) is 14.9 Å². The molecule has 22 heavy (non-hydrogen) atoms. The zero-order chi connectivity index (χ0) is 15.5. The number of ether oxygens (including phenoxy) is 1. The van der Waals surface area contributed by atoms with Crippen molar-refractivity contribution in [3.63, 3.8) is 0 Å². The Balaban J connectivity index is 1.74. The van der Waals surface area contributed by atoms with Crippen LogP contribution in [0, 0.1) is 5.82 Å². The second kappa shape index (κ2) is 6.19. The van der Waals surface area contributed by atoms with Gasteiger partial charge in [0.05, 0.1) is 29.6 Å². The molecule has 5 nitrogen and oxygen atoms in total. The Kier molecular flexibility index (Phi) is 4.11. The Morgan fingerprint density at radius 2 is 2.27 bits per heavy atom. The Morgan fingerprint density at radius 3 is 3.09 bits per heavy atom. The normalized spacial score (nSPS) is 16.4. The van der Waals surface area contributed by atoms with Crippen LogP contribution >= 0.6 is 11.6 Å². The highest BCUT2D eigenvalue weighted by atomic mass is 35.5. The quantitative estimate of drug-likeness (QED) is 0.889. The Bertz CT molecular complexity index is 711. The molecular formula is C15H13ClFN3O2. The minimum atomic E-state index is -0.590. The molecule has 2 aromatic rings. The minimum Gasteiger partial charge on any atom is -0.492 e. The Hall–Kier alpha value is -2.34. The predicted molar refractivity (Wildman–Crippen MR) is 80.7 cm³/mol. The zero-order valence-electron chi connectivity index (χ0n) is 11.5. The number of anilines is 1. The topological polar surface area (TPSA) is 63.2 Å². The molecule has 1 aliphatic heterocycles. The summed E-state index contributed by atoms with van der Waals surface area (Å²) in [4.78, 5) is 15.7. The number of rotatable bonds is 2. The van der Waals surface area contributed by atoms with E-state index in [2.05, 4.69) is 15.6 Å². The first-order chi connectivity index (χ1) is 10.6. The first-order valence-corrected chi connectivity index (χ1v) is 7.11. The van der Waals surface area contributed by atoms with Crippen molar-refractivity contribution in [2.75, 3.05) is 11.9 Å². The van der Waals surface area contributed by atoms with Gasteiger partial charge in [0.2, 0.25) is 0 Å². The number of halogens is 2. The molecule has 1 aliphatic rings. The monoisotopic (exact) mass is 321 g/mol. The van der Waals surface area contributed by atoms with Crippen LogP contribution in [0.15, 0.2) is 36.7 Å². The van der Waals surface area contributed by atoms with Crippen molar-refractivity contribution in [2.24, 2.45) is 0 Å². The van der Waals surface area contributed by atoms with Crippen molar-refractivity contribution in [1.29, 1.82) is 0 Å². The number of para-hydroxylation sites is 1. The van der Waals surface area contributed by atoms with E-state index in [1.54, 1.807) is 12.1 Å². The molecule has 0 fully saturated rings. The third kappa shape index (κ3) is 2.96. The van der Waals surface area contributed by atoms with Crippen LogP contribution in [-0.4, -0.2) is 17.6 Å². The number of nitrogens with one attached hydrogen (secondary N) is 2. The summed E-state index contributed by atoms with van der Waals surface area (Å²) >= 11 is 6.08. The summed E-state index contributed by atoms with van der Waals surface area (Å²) in [5.41, 5.74) is 0.884. The maximum atomic E-state index is 13.5. The molecule has 7 heteroatoms. The summed E-state index contributed by atoms with van der Waals surface area (Å²) in [7, 11) is 0. The van der Waals surface area contributed by atoms with E-state index in [1.807, 2.05) is 6.07 Å². The molecular weight excluding hydrogens is 309 g/mol. The summed E-state index contributed by atoms with van der Waals surface area (Å²) in [5, 5.41) is 5.77. The second-order valence-corrected chi connectivity index (χ2v) is 5.21. The average molecular weight is 322 g/mol. The highest BCUT2D eigenvalue weighted by Crippen LogP contribution is 2.37. The maximum Gasteiger partial charge on any atom is 0.319 e. The van der Waals surface area contributed by atoms with Crippen molar-refractivity contribution in [1.82, 2.24) is 10.3 Å². The molecule has 1 aromatic heterocycles. The summed E-state index contributed by atoms with van der Waals surface area (Å²) in [6.07, 6.45) is 3.06. The number of amides is 2. The highest BCUT2D eigenvalue weighted by Gasteiger charge is 2.24. The van der Waals surface area contributed by atoms with Gasteiger partial charge in [0, 0.05) is 18.2 Å². The fraction of sp³-hybridized carbons (Fsp3) is 0.200. The van der Waals surface area contributed by atoms with Gasteiger partial charge in [0.15, 0.2) is 5.82 Å². The van der Waals surface area contributed by atoms with E-state index < -0.39 is 11.8 Å². The molecule has 0 aliphatic carbocycles. The van der Waals surface area contributed by atoms with Crippen LogP contribution in [0.1, 0.15) is 18.0 Å². The van der Waals surface area contributed by atoms with Gasteiger partial charge >= 0.3 is 6.03 Å². The molecule has 1 aromatic carbocycles. The molecule has 1 atom stereocenters. The van der Waals surface area contributed by atoms with Crippen LogP contribution in [0.5, 0.6) is 5.75 Å². The van der Waals surface area contributed by atoms with E-state index in [0.29, 0.717) is 23.8 Å². The number of hydrogen-bond donors (Lipinski definition) is 2. The Morgan fingerprint density at radius 1 is 1.41 bits per heavy atom. The van der Waals surface area contributed by atoms with Gasteiger partial charge in [-0.2, -0.15) is 0 Å². The van der Waals surface area contributed by atoms with Gasteiger partial charge in [-0.05, 0) is 12.1 Å². The molecule has 2 amide bonds. The lowest BCUT2D eigenvalue weighted by atomic mass is 10.0. The number of benzene rings is 1. The number of aromatic nitrogens is 1. The van der Waals surface area contributed by atoms with Gasteiger partial charge < -0.3 is 15.4 Å². The van der Waals surface area contributed by atoms with Crippen molar-refractivity contribution >= 4 is 23.3 Å². The first kappa shape index (κ1) is 14.6. The molecule has 0 bridgehead atoms. The second-order valence-electron chi connectivity index (χ2n) is 4.80. The third-order valence-electron chi connectivity index (χ3n) is 3.35. The van der Waals surface area contributed by atoms with Crippen LogP contribution in [0.25, 0.3) is 0 Å². The van der Waals surface area contributed by atoms with E-state index in [-0.39, 0.29) is 11.7 Å². The zero-order valence-corrected chi connectivity index (χ0v) is 12.2. The number of hydrogen-bond acceptors (Lipinski definition) is 3. The molecule has 0 radical (unpaired) electrons. The van der Waals surface area contributed by atoms with Crippen molar-refractivity contribution in [2.45, 2.75) is 12.5 Å². The van der Waals surface area contributed by atoms with Gasteiger partial charge in [-0.1, -0.05) is 23.7 Å². The molecule has 2 heterocycles. The lowest BCUT2D eigenvalue weighted by Gasteiger charge is -2.27. The van der Waals surface area contributed by atoms with Gasteiger partial charge in [0.1, 0.15) is 5.75 Å². The number of fused-ring (bicyclic) bond motifs is 1. The fourth-order valence-electron chi connectivity index (χ4n) is 2.33. The average Bonchev–Trinajstić information content (AvgIpc) is 2.51. The maximum absolute atomic E-state index is 13.5. The number of carbonyl (C=O) groups excluding carboxylic acids is 1. The lowest BCUT2D eigenvalue weighted by molar-refractivity contribution is 0.232. The highest BCUT2D eigenvalue weighted by molar-refractivity contribution is 6.32. The largest absolute Gasteiger partial charge is 0.492 e. The van der Waals surface area contributed by atoms with E-state index in [1.165, 1.54) is 12.3 Å². The molecule has 0 saturated heterocycles. The summed E-state index contributed by atoms with van der Waals surface area (Å²) < 4.78 is 19.0. The molecule has 3 rings (SSSR count). The molecule has 1 unspecified atom stereocenters. The summed E-state index contributed by atoms with van der Waals surface area (Å²) in [6.45, 7) is 0.450. The van der Waals surface area contributed by atoms with Crippen molar-refractivity contribution in [3.8, 4) is 5.75 Å². The minimum absolute atomic E-state index is 0.0749. The first-order valence-electron chi connectivity index (χ1n) is 6.73. The molecule has 2 N–H and O–H groups in total. The smallest absolute Gasteiger partial charge is 0.319 e. The number of carbonyl (C=O) groups is 1. The van der Waals surface area contributed by atoms with Gasteiger partial charge in [-0.15, -0.1) is 0 Å². The van der Waals surface area contributed by atoms with Gasteiger partial charge in [-0.25, -0.2) is 9.18 Å². The summed E-state index contributed by atoms with van der Waals surface area (Å²) in [5.74, 6) is -0.0103. The van der Waals surface area contributed by atoms with Crippen LogP contribution in [0.3, 0.4) is 0 Å². The number of nitrogens with zero attached hydrogens (tertiary/aromatic N) is 1. The third-order valence-corrected chi connectivity index (χ3v) is 3.65. The van der Waals surface area contributed by atoms with E-state index in [0.717, 1.165) is 11.8 Å². The number of urea groups is 1. The SMILES string of the molecule is O=C(Nc1ccncc1F)NC1CCOc2c(Cl)cccc21. The predicted octanol–water partition coefficient (Wildman–Crippen LogP) is 3.52. The van der Waals surface area contributed by atoms with E-state index in [9.17, 15) is 9.18 Å². The fourth-order valence-corrected chi connectivity index (χ4v) is 2.57. The lowest BCUT2D eigenvalue weighted by Crippen LogP contribution is -2.35. The van der Waals surface area contributed by atoms with Crippen LogP contribution in [-0.2, 0) is 0 Å². The van der Waals surface area contributed by atoms with Gasteiger partial charge in [-0.3, -0.25) is 4.98 Å². The van der Waals surface area contributed by atoms with Crippen LogP contribution in [0.2, 0.25) is 5.02 Å².